The second kappa shape index (κ2) is 4.59. The third-order valence-corrected chi connectivity index (χ3v) is 4.66. The lowest BCUT2D eigenvalue weighted by Gasteiger charge is -2.21. The van der Waals surface area contributed by atoms with Crippen molar-refractivity contribution in [3.05, 3.63) is 18.3 Å². The average Bonchev–Trinajstić information content (AvgIpc) is 3.10. The maximum absolute atomic E-state index is 12.3. The Morgan fingerprint density at radius 3 is 2.76 bits per heavy atom. The molecule has 0 radical (unpaired) electrons. The van der Waals surface area contributed by atoms with Crippen LogP contribution in [-0.2, 0) is 10.0 Å². The van der Waals surface area contributed by atoms with Crippen molar-refractivity contribution in [1.29, 1.82) is 0 Å². The molecule has 1 fully saturated rings. The second-order valence-electron chi connectivity index (χ2n) is 3.96. The molecule has 1 saturated carbocycles. The number of aliphatic hydroxyl groups excluding tert-OH is 1. The van der Waals surface area contributed by atoms with E-state index in [1.807, 2.05) is 0 Å². The van der Waals surface area contributed by atoms with Crippen molar-refractivity contribution in [1.82, 2.24) is 9.29 Å². The summed E-state index contributed by atoms with van der Waals surface area (Å²) in [5.41, 5.74) is 5.58. The van der Waals surface area contributed by atoms with Gasteiger partial charge >= 0.3 is 0 Å². The second-order valence-corrected chi connectivity index (χ2v) is 5.82. The van der Waals surface area contributed by atoms with Crippen molar-refractivity contribution >= 4 is 15.8 Å². The number of hydrogen-bond acceptors (Lipinski definition) is 5. The van der Waals surface area contributed by atoms with E-state index in [0.29, 0.717) is 0 Å². The zero-order valence-corrected chi connectivity index (χ0v) is 10.1. The van der Waals surface area contributed by atoms with E-state index in [1.54, 1.807) is 0 Å². The minimum absolute atomic E-state index is 0.00362. The van der Waals surface area contributed by atoms with Crippen LogP contribution in [0.5, 0.6) is 0 Å². The van der Waals surface area contributed by atoms with Gasteiger partial charge < -0.3 is 10.8 Å². The lowest BCUT2D eigenvalue weighted by molar-refractivity contribution is 0.250. The van der Waals surface area contributed by atoms with Crippen LogP contribution in [0.1, 0.15) is 12.8 Å². The van der Waals surface area contributed by atoms with E-state index in [1.165, 1.54) is 22.6 Å². The summed E-state index contributed by atoms with van der Waals surface area (Å²) in [6.45, 7) is -0.1000. The molecular formula is C10H15N3O3S. The van der Waals surface area contributed by atoms with Crippen LogP contribution >= 0.6 is 0 Å². The fraction of sp³-hybridized carbons (Fsp3) is 0.500. The number of nitrogen functional groups attached to an aromatic ring is 1. The van der Waals surface area contributed by atoms with Crippen molar-refractivity contribution in [3.63, 3.8) is 0 Å². The quantitative estimate of drug-likeness (QED) is 0.762. The van der Waals surface area contributed by atoms with E-state index >= 15 is 0 Å². The molecule has 0 unspecified atom stereocenters. The van der Waals surface area contributed by atoms with E-state index < -0.39 is 10.0 Å². The Bertz CT molecular complexity index is 499. The molecule has 3 N–H and O–H groups in total. The van der Waals surface area contributed by atoms with Gasteiger partial charge in [-0.1, -0.05) is 0 Å². The molecule has 0 atom stereocenters. The molecule has 1 aromatic rings. The van der Waals surface area contributed by atoms with Gasteiger partial charge in [-0.2, -0.15) is 4.31 Å². The largest absolute Gasteiger partial charge is 0.395 e. The predicted octanol–water partition coefficient (Wildman–Crippen LogP) is -0.191. The number of nitrogens with zero attached hydrogens (tertiary/aromatic N) is 2. The molecule has 0 bridgehead atoms. The average molecular weight is 257 g/mol. The highest BCUT2D eigenvalue weighted by molar-refractivity contribution is 7.89. The summed E-state index contributed by atoms with van der Waals surface area (Å²) in [7, 11) is -3.64. The first-order valence-corrected chi connectivity index (χ1v) is 6.84. The molecule has 1 heterocycles. The van der Waals surface area contributed by atoms with E-state index in [2.05, 4.69) is 4.98 Å². The number of pyridine rings is 1. The first kappa shape index (κ1) is 12.3. The number of anilines is 1. The van der Waals surface area contributed by atoms with Gasteiger partial charge in [0.15, 0.2) is 0 Å². The maximum atomic E-state index is 12.3. The molecule has 1 aliphatic rings. The van der Waals surface area contributed by atoms with Crippen molar-refractivity contribution in [3.8, 4) is 0 Å². The normalized spacial score (nSPS) is 16.4. The number of nitrogens with two attached hydrogens (primary N) is 1. The summed E-state index contributed by atoms with van der Waals surface area (Å²) < 4.78 is 25.9. The van der Waals surface area contributed by atoms with Crippen LogP contribution < -0.4 is 5.73 Å². The Morgan fingerprint density at radius 1 is 1.53 bits per heavy atom. The van der Waals surface area contributed by atoms with Crippen LogP contribution in [0.25, 0.3) is 0 Å². The van der Waals surface area contributed by atoms with Gasteiger partial charge in [-0.3, -0.25) is 0 Å². The summed E-state index contributed by atoms with van der Waals surface area (Å²) >= 11 is 0. The van der Waals surface area contributed by atoms with Crippen LogP contribution in [-0.4, -0.2) is 42.0 Å². The fourth-order valence-corrected chi connectivity index (χ4v) is 3.45. The van der Waals surface area contributed by atoms with Gasteiger partial charge in [0.25, 0.3) is 0 Å². The minimum Gasteiger partial charge on any atom is -0.395 e. The highest BCUT2D eigenvalue weighted by atomic mass is 32.2. The summed E-state index contributed by atoms with van der Waals surface area (Å²) in [5, 5.41) is 8.94. The van der Waals surface area contributed by atoms with E-state index in [4.69, 9.17) is 10.8 Å². The standard InChI is InChI=1S/C10H15N3O3S/c11-10-9(2-1-5-12-10)17(15,16)13(6-7-14)8-3-4-8/h1-2,5,8,14H,3-4,6-7H2,(H2,11,12). The summed E-state index contributed by atoms with van der Waals surface area (Å²) in [6.07, 6.45) is 3.11. The van der Waals surface area contributed by atoms with Gasteiger partial charge in [-0.15, -0.1) is 0 Å². The molecular weight excluding hydrogens is 242 g/mol. The van der Waals surface area contributed by atoms with Crippen LogP contribution in [0.2, 0.25) is 0 Å². The topological polar surface area (TPSA) is 96.5 Å². The third-order valence-electron chi connectivity index (χ3n) is 2.66. The molecule has 94 valence electrons. The van der Waals surface area contributed by atoms with Crippen LogP contribution in [0.15, 0.2) is 23.2 Å². The number of aliphatic hydroxyl groups is 1. The van der Waals surface area contributed by atoms with E-state index in [0.717, 1.165) is 12.8 Å². The van der Waals surface area contributed by atoms with Crippen LogP contribution in [0, 0.1) is 0 Å². The van der Waals surface area contributed by atoms with Crippen molar-refractivity contribution in [2.45, 2.75) is 23.8 Å². The Labute approximate surface area is 100 Å². The van der Waals surface area contributed by atoms with Crippen molar-refractivity contribution < 1.29 is 13.5 Å². The van der Waals surface area contributed by atoms with Gasteiger partial charge in [0.1, 0.15) is 10.7 Å². The first-order chi connectivity index (χ1) is 8.07. The summed E-state index contributed by atoms with van der Waals surface area (Å²) in [6, 6.07) is 2.96. The fourth-order valence-electron chi connectivity index (χ4n) is 1.71. The Morgan fingerprint density at radius 2 is 2.24 bits per heavy atom. The lowest BCUT2D eigenvalue weighted by Crippen LogP contribution is -2.36. The molecule has 1 aliphatic carbocycles. The Balaban J connectivity index is 2.37. The Kier molecular flexibility index (Phi) is 3.32. The maximum Gasteiger partial charge on any atom is 0.247 e. The highest BCUT2D eigenvalue weighted by Crippen LogP contribution is 2.32. The number of aromatic nitrogens is 1. The zero-order chi connectivity index (χ0) is 12.5. The van der Waals surface area contributed by atoms with Crippen LogP contribution in [0.3, 0.4) is 0 Å². The Hall–Kier alpha value is -1.18. The van der Waals surface area contributed by atoms with E-state index in [9.17, 15) is 8.42 Å². The molecule has 0 spiro atoms. The molecule has 0 aliphatic heterocycles. The zero-order valence-electron chi connectivity index (χ0n) is 9.28. The SMILES string of the molecule is Nc1ncccc1S(=O)(=O)N(CCO)C1CC1. The first-order valence-electron chi connectivity index (χ1n) is 5.40. The van der Waals surface area contributed by atoms with Gasteiger partial charge in [0, 0.05) is 18.8 Å². The van der Waals surface area contributed by atoms with Crippen molar-refractivity contribution in [2.75, 3.05) is 18.9 Å². The van der Waals surface area contributed by atoms with Gasteiger partial charge in [0.2, 0.25) is 10.0 Å². The molecule has 6 nitrogen and oxygen atoms in total. The third kappa shape index (κ3) is 2.41. The highest BCUT2D eigenvalue weighted by Gasteiger charge is 2.38. The van der Waals surface area contributed by atoms with Gasteiger partial charge in [-0.05, 0) is 25.0 Å². The smallest absolute Gasteiger partial charge is 0.247 e. The monoisotopic (exact) mass is 257 g/mol. The number of hydrogen-bond donors (Lipinski definition) is 2. The molecule has 1 aromatic heterocycles. The van der Waals surface area contributed by atoms with Crippen molar-refractivity contribution in [2.24, 2.45) is 0 Å². The minimum atomic E-state index is -3.64. The molecule has 7 heteroatoms. The number of sulfonamides is 1. The number of rotatable bonds is 5. The van der Waals surface area contributed by atoms with E-state index in [-0.39, 0.29) is 29.9 Å². The molecule has 2 rings (SSSR count). The van der Waals surface area contributed by atoms with Crippen LogP contribution in [0.4, 0.5) is 5.82 Å². The van der Waals surface area contributed by atoms with Gasteiger partial charge in [-0.25, -0.2) is 13.4 Å². The lowest BCUT2D eigenvalue weighted by atomic mass is 10.5. The summed E-state index contributed by atoms with van der Waals surface area (Å²) in [4.78, 5) is 3.79. The molecule has 17 heavy (non-hydrogen) atoms. The molecule has 0 aromatic carbocycles. The molecule has 0 saturated heterocycles. The summed E-state index contributed by atoms with van der Waals surface area (Å²) in [5.74, 6) is -0.00362. The van der Waals surface area contributed by atoms with Gasteiger partial charge in [0.05, 0.1) is 6.61 Å². The molecule has 0 amide bonds. The predicted molar refractivity (Wildman–Crippen MR) is 62.6 cm³/mol.